The zero-order valence-corrected chi connectivity index (χ0v) is 18.8. The minimum absolute atomic E-state index is 0.0133. The number of rotatable bonds is 8. The molecule has 0 bridgehead atoms. The number of hydrogen-bond donors (Lipinski definition) is 4. The Morgan fingerprint density at radius 1 is 1.28 bits per heavy atom. The zero-order chi connectivity index (χ0) is 23.3. The van der Waals surface area contributed by atoms with E-state index in [-0.39, 0.29) is 28.2 Å². The molecule has 6 N–H and O–H groups in total. The third-order valence-electron chi connectivity index (χ3n) is 5.68. The van der Waals surface area contributed by atoms with Crippen molar-refractivity contribution < 1.29 is 18.3 Å². The number of hydrogen-bond acceptors (Lipinski definition) is 7. The molecule has 2 aromatic carbocycles. The third kappa shape index (κ3) is 5.11. The number of aliphatic carboxylic acids is 1. The Morgan fingerprint density at radius 2 is 2.00 bits per heavy atom. The number of benzene rings is 2. The van der Waals surface area contributed by atoms with Gasteiger partial charge < -0.3 is 16.3 Å². The van der Waals surface area contributed by atoms with Crippen LogP contribution >= 0.6 is 11.6 Å². The van der Waals surface area contributed by atoms with Crippen molar-refractivity contribution in [3.63, 3.8) is 0 Å². The monoisotopic (exact) mass is 479 g/mol. The third-order valence-corrected chi connectivity index (χ3v) is 7.90. The number of piperidine rings is 1. The highest BCUT2D eigenvalue weighted by Crippen LogP contribution is 2.35. The SMILES string of the molecule is NN=CC1CNCCC1CC(C(=O)O)N(N)S(=O)(=O)c1cccc(-c2ccccc2)c1Cl. The molecule has 0 saturated carbocycles. The average molecular weight is 480 g/mol. The summed E-state index contributed by atoms with van der Waals surface area (Å²) >= 11 is 6.46. The number of nitrogens with two attached hydrogens (primary N) is 2. The molecule has 1 saturated heterocycles. The summed E-state index contributed by atoms with van der Waals surface area (Å²) in [5.41, 5.74) is 1.23. The van der Waals surface area contributed by atoms with E-state index < -0.39 is 22.0 Å². The van der Waals surface area contributed by atoms with Crippen molar-refractivity contribution in [1.82, 2.24) is 9.73 Å². The first-order valence-electron chi connectivity index (χ1n) is 10.1. The molecule has 0 spiro atoms. The standard InChI is InChI=1S/C21H26ClN5O4S/c22-20-17(14-5-2-1-3-6-14)7-4-8-19(20)32(30,31)27(24)18(21(28)29)11-15-9-10-25-12-16(15)13-26-23/h1-8,13,15-16,18,25H,9-12,23-24H2,(H,28,29). The number of hydrazine groups is 1. The van der Waals surface area contributed by atoms with Gasteiger partial charge in [0.05, 0.1) is 5.02 Å². The summed E-state index contributed by atoms with van der Waals surface area (Å²) < 4.78 is 27.1. The van der Waals surface area contributed by atoms with E-state index in [1.807, 2.05) is 18.2 Å². The lowest BCUT2D eigenvalue weighted by Gasteiger charge is -2.33. The van der Waals surface area contributed by atoms with Gasteiger partial charge in [-0.15, -0.1) is 4.41 Å². The summed E-state index contributed by atoms with van der Waals surface area (Å²) in [6, 6.07) is 12.1. The molecular weight excluding hydrogens is 454 g/mol. The van der Waals surface area contributed by atoms with E-state index in [2.05, 4.69) is 10.4 Å². The van der Waals surface area contributed by atoms with Crippen LogP contribution in [-0.4, -0.2) is 49.3 Å². The van der Waals surface area contributed by atoms with Gasteiger partial charge in [0, 0.05) is 24.2 Å². The Labute approximate surface area is 192 Å². The number of sulfonamides is 1. The Hall–Kier alpha value is -2.50. The van der Waals surface area contributed by atoms with Crippen molar-refractivity contribution in [2.24, 2.45) is 28.6 Å². The topological polar surface area (TPSA) is 151 Å². The fraction of sp³-hybridized carbons (Fsp3) is 0.333. The quantitative estimate of drug-likeness (QED) is 0.256. The largest absolute Gasteiger partial charge is 0.480 e. The number of carbonyl (C=O) groups is 1. The van der Waals surface area contributed by atoms with Crippen LogP contribution < -0.4 is 17.0 Å². The molecule has 172 valence electrons. The Balaban J connectivity index is 1.93. The van der Waals surface area contributed by atoms with E-state index in [9.17, 15) is 18.3 Å². The van der Waals surface area contributed by atoms with Gasteiger partial charge in [0.25, 0.3) is 10.0 Å². The van der Waals surface area contributed by atoms with E-state index >= 15 is 0 Å². The van der Waals surface area contributed by atoms with Gasteiger partial charge in [0.1, 0.15) is 10.9 Å². The van der Waals surface area contributed by atoms with Gasteiger partial charge in [-0.3, -0.25) is 10.6 Å². The Kier molecular flexibility index (Phi) is 7.86. The second kappa shape index (κ2) is 10.4. The molecule has 0 amide bonds. The molecule has 9 nitrogen and oxygen atoms in total. The maximum Gasteiger partial charge on any atom is 0.323 e. The Morgan fingerprint density at radius 3 is 2.66 bits per heavy atom. The Bertz CT molecular complexity index is 1080. The zero-order valence-electron chi connectivity index (χ0n) is 17.3. The summed E-state index contributed by atoms with van der Waals surface area (Å²) in [4.78, 5) is 11.8. The van der Waals surface area contributed by atoms with Crippen molar-refractivity contribution in [1.29, 1.82) is 0 Å². The molecule has 0 radical (unpaired) electrons. The van der Waals surface area contributed by atoms with Crippen LogP contribution in [0.2, 0.25) is 5.02 Å². The van der Waals surface area contributed by atoms with Crippen LogP contribution in [0.5, 0.6) is 0 Å². The first-order chi connectivity index (χ1) is 15.3. The van der Waals surface area contributed by atoms with Gasteiger partial charge in [-0.05, 0) is 36.9 Å². The molecule has 3 rings (SSSR count). The van der Waals surface area contributed by atoms with E-state index in [0.717, 1.165) is 5.56 Å². The van der Waals surface area contributed by atoms with Crippen molar-refractivity contribution in [3.8, 4) is 11.1 Å². The van der Waals surface area contributed by atoms with Crippen LogP contribution in [0.25, 0.3) is 11.1 Å². The fourth-order valence-corrected chi connectivity index (χ4v) is 5.80. The molecule has 3 atom stereocenters. The van der Waals surface area contributed by atoms with E-state index in [4.69, 9.17) is 23.3 Å². The first kappa shape index (κ1) is 24.1. The van der Waals surface area contributed by atoms with E-state index in [1.165, 1.54) is 6.07 Å². The van der Waals surface area contributed by atoms with Crippen LogP contribution in [0.15, 0.2) is 58.5 Å². The molecule has 11 heteroatoms. The van der Waals surface area contributed by atoms with Gasteiger partial charge in [0.15, 0.2) is 0 Å². The van der Waals surface area contributed by atoms with Gasteiger partial charge in [-0.1, -0.05) is 54.1 Å². The molecule has 3 unspecified atom stereocenters. The first-order valence-corrected chi connectivity index (χ1v) is 11.9. The maximum absolute atomic E-state index is 13.3. The van der Waals surface area contributed by atoms with Crippen molar-refractivity contribution in [2.75, 3.05) is 13.1 Å². The van der Waals surface area contributed by atoms with Gasteiger partial charge in [-0.25, -0.2) is 8.42 Å². The van der Waals surface area contributed by atoms with E-state index in [1.54, 1.807) is 30.5 Å². The summed E-state index contributed by atoms with van der Waals surface area (Å²) in [6.07, 6.45) is 2.20. The number of carboxylic acids is 1. The molecule has 2 aromatic rings. The van der Waals surface area contributed by atoms with E-state index in [0.29, 0.717) is 29.5 Å². The molecule has 0 aliphatic carbocycles. The summed E-state index contributed by atoms with van der Waals surface area (Å²) in [7, 11) is -4.40. The maximum atomic E-state index is 13.3. The van der Waals surface area contributed by atoms with Crippen molar-refractivity contribution in [2.45, 2.75) is 23.8 Å². The highest BCUT2D eigenvalue weighted by molar-refractivity contribution is 7.89. The number of nitrogens with one attached hydrogen (secondary N) is 1. The fourth-order valence-electron chi connectivity index (χ4n) is 3.95. The van der Waals surface area contributed by atoms with Crippen molar-refractivity contribution >= 4 is 33.8 Å². The summed E-state index contributed by atoms with van der Waals surface area (Å²) in [5, 5.41) is 16.5. The van der Waals surface area contributed by atoms with Crippen LogP contribution in [-0.2, 0) is 14.8 Å². The molecule has 1 heterocycles. The molecule has 1 fully saturated rings. The highest BCUT2D eigenvalue weighted by atomic mass is 35.5. The highest BCUT2D eigenvalue weighted by Gasteiger charge is 2.38. The predicted molar refractivity (Wildman–Crippen MR) is 123 cm³/mol. The number of hydrazone groups is 1. The minimum atomic E-state index is -4.40. The minimum Gasteiger partial charge on any atom is -0.480 e. The lowest BCUT2D eigenvalue weighted by atomic mass is 9.82. The molecule has 32 heavy (non-hydrogen) atoms. The van der Waals surface area contributed by atoms with Crippen LogP contribution in [0, 0.1) is 11.8 Å². The van der Waals surface area contributed by atoms with Gasteiger partial charge in [-0.2, -0.15) is 5.10 Å². The lowest BCUT2D eigenvalue weighted by Crippen LogP contribution is -2.51. The lowest BCUT2D eigenvalue weighted by molar-refractivity contribution is -0.142. The predicted octanol–water partition coefficient (Wildman–Crippen LogP) is 1.88. The molecule has 0 aromatic heterocycles. The smallest absolute Gasteiger partial charge is 0.323 e. The number of carboxylic acid groups (broad SMARTS) is 1. The average Bonchev–Trinajstić information content (AvgIpc) is 2.78. The summed E-state index contributed by atoms with van der Waals surface area (Å²) in [5.74, 6) is 9.61. The number of halogens is 1. The van der Waals surface area contributed by atoms with Gasteiger partial charge >= 0.3 is 5.97 Å². The molecule has 1 aliphatic rings. The molecular formula is C21H26ClN5O4S. The second-order valence-electron chi connectivity index (χ2n) is 7.62. The van der Waals surface area contributed by atoms with Crippen LogP contribution in [0.3, 0.4) is 0 Å². The number of nitrogens with zero attached hydrogens (tertiary/aromatic N) is 2. The normalized spacial score (nSPS) is 20.5. The van der Waals surface area contributed by atoms with Crippen molar-refractivity contribution in [3.05, 3.63) is 53.6 Å². The summed E-state index contributed by atoms with van der Waals surface area (Å²) in [6.45, 7) is 1.24. The molecule has 1 aliphatic heterocycles. The van der Waals surface area contributed by atoms with Crippen LogP contribution in [0.4, 0.5) is 0 Å². The van der Waals surface area contributed by atoms with Gasteiger partial charge in [0.2, 0.25) is 0 Å². The second-order valence-corrected chi connectivity index (χ2v) is 9.81. The van der Waals surface area contributed by atoms with Crippen LogP contribution in [0.1, 0.15) is 12.8 Å².